The maximum absolute atomic E-state index is 11.5. The van der Waals surface area contributed by atoms with Gasteiger partial charge in [0.25, 0.3) is 0 Å². The van der Waals surface area contributed by atoms with Gasteiger partial charge in [-0.2, -0.15) is 0 Å². The highest BCUT2D eigenvalue weighted by molar-refractivity contribution is 5.75. The molecule has 0 unspecified atom stereocenters. The topological polar surface area (TPSA) is 123 Å². The zero-order valence-corrected chi connectivity index (χ0v) is 14.8. The van der Waals surface area contributed by atoms with Gasteiger partial charge in [0.1, 0.15) is 0 Å². The van der Waals surface area contributed by atoms with Gasteiger partial charge in [0.2, 0.25) is 0 Å². The first kappa shape index (κ1) is 22.8. The van der Waals surface area contributed by atoms with E-state index >= 15 is 0 Å². The molecule has 9 nitrogen and oxygen atoms in total. The number of rotatable bonds is 12. The van der Waals surface area contributed by atoms with Gasteiger partial charge in [-0.05, 0) is 0 Å². The van der Waals surface area contributed by atoms with Crippen molar-refractivity contribution >= 4 is 18.1 Å². The monoisotopic (exact) mass is 364 g/mol. The zero-order chi connectivity index (χ0) is 19.5. The molecule has 0 fully saturated rings. The van der Waals surface area contributed by atoms with Gasteiger partial charge in [0, 0.05) is 39.3 Å². The number of amides is 6. The number of urea groups is 3. The van der Waals surface area contributed by atoms with Crippen LogP contribution >= 0.6 is 0 Å². The Balaban J connectivity index is 3.59. The van der Waals surface area contributed by atoms with E-state index in [0.717, 1.165) is 0 Å². The summed E-state index contributed by atoms with van der Waals surface area (Å²) in [6.45, 7) is 9.22. The Labute approximate surface area is 154 Å². The molecular weight excluding hydrogens is 336 g/mol. The van der Waals surface area contributed by atoms with E-state index in [1.54, 1.807) is 36.5 Å². The highest BCUT2D eigenvalue weighted by atomic mass is 16.2. The molecule has 0 atom stereocenters. The molecule has 6 N–H and O–H groups in total. The molecule has 0 radical (unpaired) electrons. The first-order valence-electron chi connectivity index (χ1n) is 8.17. The molecule has 0 saturated heterocycles. The van der Waals surface area contributed by atoms with Gasteiger partial charge in [-0.3, -0.25) is 0 Å². The van der Waals surface area contributed by atoms with Crippen LogP contribution in [0.2, 0.25) is 0 Å². The third-order valence-corrected chi connectivity index (χ3v) is 2.67. The van der Waals surface area contributed by atoms with Gasteiger partial charge in [0.05, 0.1) is 0 Å². The van der Waals surface area contributed by atoms with Crippen molar-refractivity contribution in [2.75, 3.05) is 39.3 Å². The van der Waals surface area contributed by atoms with Crippen molar-refractivity contribution in [3.05, 3.63) is 49.6 Å². The molecule has 0 aromatic carbocycles. The lowest BCUT2D eigenvalue weighted by Gasteiger charge is -2.04. The predicted molar refractivity (Wildman–Crippen MR) is 103 cm³/mol. The molecule has 0 aromatic heterocycles. The van der Waals surface area contributed by atoms with Crippen molar-refractivity contribution in [1.82, 2.24) is 31.9 Å². The van der Waals surface area contributed by atoms with Crippen LogP contribution in [0, 0.1) is 0 Å². The first-order chi connectivity index (χ1) is 12.6. The SMILES string of the molecule is C=CCNC(=O)NC/C=C/CNC(=O)NC/C=C/CNC(=O)NCC=C. The molecule has 0 heterocycles. The van der Waals surface area contributed by atoms with Gasteiger partial charge < -0.3 is 31.9 Å². The zero-order valence-electron chi connectivity index (χ0n) is 14.8. The Bertz CT molecular complexity index is 473. The van der Waals surface area contributed by atoms with Crippen molar-refractivity contribution in [3.8, 4) is 0 Å². The van der Waals surface area contributed by atoms with E-state index in [9.17, 15) is 14.4 Å². The van der Waals surface area contributed by atoms with Crippen LogP contribution in [0.5, 0.6) is 0 Å². The van der Waals surface area contributed by atoms with Crippen LogP contribution in [0.25, 0.3) is 0 Å². The van der Waals surface area contributed by atoms with Crippen molar-refractivity contribution < 1.29 is 14.4 Å². The molecular formula is C17H28N6O3. The van der Waals surface area contributed by atoms with Gasteiger partial charge in [-0.15, -0.1) is 13.2 Å². The number of nitrogens with one attached hydrogen (secondary N) is 6. The average molecular weight is 364 g/mol. The lowest BCUT2D eigenvalue weighted by Crippen LogP contribution is -2.36. The molecule has 0 aliphatic heterocycles. The molecule has 0 aliphatic rings. The second-order valence-electron chi connectivity index (χ2n) is 4.79. The Morgan fingerprint density at radius 1 is 0.500 bits per heavy atom. The van der Waals surface area contributed by atoms with E-state index in [0.29, 0.717) is 39.3 Å². The Morgan fingerprint density at radius 3 is 0.962 bits per heavy atom. The quantitative estimate of drug-likeness (QED) is 0.280. The fourth-order valence-electron chi connectivity index (χ4n) is 1.46. The van der Waals surface area contributed by atoms with E-state index in [1.165, 1.54) is 0 Å². The highest BCUT2D eigenvalue weighted by Crippen LogP contribution is 1.75. The lowest BCUT2D eigenvalue weighted by molar-refractivity contribution is 0.241. The minimum Gasteiger partial charge on any atom is -0.335 e. The summed E-state index contributed by atoms with van der Waals surface area (Å²) in [7, 11) is 0. The van der Waals surface area contributed by atoms with E-state index in [-0.39, 0.29) is 18.1 Å². The molecule has 26 heavy (non-hydrogen) atoms. The minimum atomic E-state index is -0.312. The minimum absolute atomic E-state index is 0.278. The second-order valence-corrected chi connectivity index (χ2v) is 4.79. The van der Waals surface area contributed by atoms with Crippen LogP contribution in [0.1, 0.15) is 0 Å². The van der Waals surface area contributed by atoms with E-state index in [1.807, 2.05) is 0 Å². The maximum Gasteiger partial charge on any atom is 0.315 e. The molecule has 144 valence electrons. The normalized spacial score (nSPS) is 10.2. The summed E-state index contributed by atoms with van der Waals surface area (Å²) >= 11 is 0. The Hall–Kier alpha value is -3.23. The number of carbonyl (C=O) groups excluding carboxylic acids is 3. The van der Waals surface area contributed by atoms with Gasteiger partial charge in [0.15, 0.2) is 0 Å². The summed E-state index contributed by atoms with van der Waals surface area (Å²) in [4.78, 5) is 33.9. The largest absolute Gasteiger partial charge is 0.335 e. The highest BCUT2D eigenvalue weighted by Gasteiger charge is 1.96. The number of hydrogen-bond donors (Lipinski definition) is 6. The van der Waals surface area contributed by atoms with Crippen molar-refractivity contribution in [2.24, 2.45) is 0 Å². The fraction of sp³-hybridized carbons (Fsp3) is 0.353. The molecule has 0 aliphatic carbocycles. The molecule has 0 bridgehead atoms. The average Bonchev–Trinajstić information content (AvgIpc) is 2.63. The third kappa shape index (κ3) is 15.7. The van der Waals surface area contributed by atoms with Gasteiger partial charge >= 0.3 is 18.1 Å². The van der Waals surface area contributed by atoms with Crippen molar-refractivity contribution in [1.29, 1.82) is 0 Å². The second kappa shape index (κ2) is 16.6. The van der Waals surface area contributed by atoms with Crippen LogP contribution in [0.15, 0.2) is 49.6 Å². The summed E-state index contributed by atoms with van der Waals surface area (Å²) in [5.74, 6) is 0. The van der Waals surface area contributed by atoms with E-state index in [4.69, 9.17) is 0 Å². The van der Waals surface area contributed by atoms with Crippen molar-refractivity contribution in [3.63, 3.8) is 0 Å². The van der Waals surface area contributed by atoms with E-state index < -0.39 is 0 Å². The number of hydrogen-bond acceptors (Lipinski definition) is 3. The predicted octanol–water partition coefficient (Wildman–Crippen LogP) is 0.368. The van der Waals surface area contributed by atoms with Gasteiger partial charge in [-0.25, -0.2) is 14.4 Å². The van der Waals surface area contributed by atoms with Crippen LogP contribution in [-0.2, 0) is 0 Å². The lowest BCUT2D eigenvalue weighted by atomic mass is 10.4. The maximum atomic E-state index is 11.5. The molecule has 6 amide bonds. The first-order valence-corrected chi connectivity index (χ1v) is 8.17. The smallest absolute Gasteiger partial charge is 0.315 e. The summed E-state index contributed by atoms with van der Waals surface area (Å²) in [6.07, 6.45) is 10.1. The van der Waals surface area contributed by atoms with Crippen LogP contribution in [0.4, 0.5) is 14.4 Å². The van der Waals surface area contributed by atoms with E-state index in [2.05, 4.69) is 45.1 Å². The summed E-state index contributed by atoms with van der Waals surface area (Å²) in [5.41, 5.74) is 0. The third-order valence-electron chi connectivity index (χ3n) is 2.67. The van der Waals surface area contributed by atoms with Gasteiger partial charge in [-0.1, -0.05) is 36.5 Å². The van der Waals surface area contributed by atoms with Crippen LogP contribution in [-0.4, -0.2) is 57.4 Å². The molecule has 0 aromatic rings. The van der Waals surface area contributed by atoms with Crippen molar-refractivity contribution in [2.45, 2.75) is 0 Å². The Kier molecular flexibility index (Phi) is 14.6. The molecule has 9 heteroatoms. The summed E-state index contributed by atoms with van der Waals surface area (Å²) in [5, 5.41) is 15.7. The fourth-order valence-corrected chi connectivity index (χ4v) is 1.46. The Morgan fingerprint density at radius 2 is 0.731 bits per heavy atom. The molecule has 0 rings (SSSR count). The summed E-state index contributed by atoms with van der Waals surface area (Å²) in [6, 6.07) is -0.868. The summed E-state index contributed by atoms with van der Waals surface area (Å²) < 4.78 is 0. The van der Waals surface area contributed by atoms with Crippen LogP contribution in [0.3, 0.4) is 0 Å². The molecule has 0 saturated carbocycles. The van der Waals surface area contributed by atoms with Crippen LogP contribution < -0.4 is 31.9 Å². The number of carbonyl (C=O) groups is 3. The molecule has 0 spiro atoms. The standard InChI is InChI=1S/C17H28N6O3/c1-3-9-18-15(24)20-11-5-7-13-22-17(26)23-14-8-6-12-21-16(25)19-10-4-2/h3-8H,1-2,9-14H2,(H2,18,20,24)(H2,19,21,25)(H2,22,23,26)/b7-5+,8-6+.